The van der Waals surface area contributed by atoms with E-state index < -0.39 is 4.92 Å². The summed E-state index contributed by atoms with van der Waals surface area (Å²) in [6.07, 6.45) is 0.154. The molecule has 0 saturated carbocycles. The number of aryl methyl sites for hydroxylation is 4. The molecule has 0 aliphatic heterocycles. The molecular formula is C20H24N6O3. The minimum atomic E-state index is -0.543. The maximum atomic E-state index is 12.4. The Hall–Kier alpha value is -3.49. The third-order valence-corrected chi connectivity index (χ3v) is 4.93. The van der Waals surface area contributed by atoms with Crippen molar-refractivity contribution in [3.63, 3.8) is 0 Å². The van der Waals surface area contributed by atoms with E-state index in [-0.39, 0.29) is 24.7 Å². The molecule has 0 atom stereocenters. The molecule has 2 heterocycles. The zero-order chi connectivity index (χ0) is 21.1. The van der Waals surface area contributed by atoms with E-state index in [1.165, 1.54) is 21.9 Å². The summed E-state index contributed by atoms with van der Waals surface area (Å²) in [7, 11) is 0. The van der Waals surface area contributed by atoms with Crippen LogP contribution in [0.3, 0.4) is 0 Å². The summed E-state index contributed by atoms with van der Waals surface area (Å²) in [5.74, 6) is -0.406. The van der Waals surface area contributed by atoms with Crippen molar-refractivity contribution in [3.05, 3.63) is 68.7 Å². The maximum absolute atomic E-state index is 12.4. The molecule has 0 saturated heterocycles. The Labute approximate surface area is 168 Å². The molecule has 0 spiro atoms. The largest absolute Gasteiger partial charge is 0.390 e. The number of carbonyl (C=O) groups excluding carboxylic acids is 1. The Morgan fingerprint density at radius 2 is 1.86 bits per heavy atom. The summed E-state index contributed by atoms with van der Waals surface area (Å²) >= 11 is 0. The Bertz CT molecular complexity index is 1070. The molecule has 0 radical (unpaired) electrons. The van der Waals surface area contributed by atoms with Crippen molar-refractivity contribution in [2.24, 2.45) is 0 Å². The molecule has 1 aromatic carbocycles. The molecule has 152 valence electrons. The molecule has 0 fully saturated rings. The van der Waals surface area contributed by atoms with Crippen LogP contribution in [0, 0.1) is 37.8 Å². The summed E-state index contributed by atoms with van der Waals surface area (Å²) in [5, 5.41) is 22.2. The number of amides is 1. The zero-order valence-corrected chi connectivity index (χ0v) is 17.0. The van der Waals surface area contributed by atoms with Gasteiger partial charge in [0.15, 0.2) is 0 Å². The maximum Gasteiger partial charge on any atom is 0.390 e. The van der Waals surface area contributed by atoms with E-state index in [4.69, 9.17) is 0 Å². The van der Waals surface area contributed by atoms with Crippen LogP contribution in [-0.4, -0.2) is 30.4 Å². The van der Waals surface area contributed by atoms with Crippen LogP contribution in [0.4, 0.5) is 11.5 Å². The lowest BCUT2D eigenvalue weighted by molar-refractivity contribution is -0.389. The lowest BCUT2D eigenvalue weighted by Crippen LogP contribution is -2.16. The van der Waals surface area contributed by atoms with Crippen LogP contribution >= 0.6 is 0 Å². The molecule has 3 aromatic rings. The summed E-state index contributed by atoms with van der Waals surface area (Å²) in [6.45, 7) is 8.46. The van der Waals surface area contributed by atoms with Gasteiger partial charge in [-0.2, -0.15) is 9.78 Å². The highest BCUT2D eigenvalue weighted by atomic mass is 16.6. The van der Waals surface area contributed by atoms with Gasteiger partial charge in [-0.3, -0.25) is 9.48 Å². The number of hydrogen-bond acceptors (Lipinski definition) is 5. The molecule has 0 aliphatic rings. The standard InChI is InChI=1S/C20H24N6O3/c1-13-7-5-6-8-17(13)12-25-16(4)20(15(3)22-25)21-19(27)9-10-24-14(2)11-18(23-24)26(28)29/h5-8,11H,9-10,12H2,1-4H3,(H,21,27). The van der Waals surface area contributed by atoms with Crippen LogP contribution in [0.5, 0.6) is 0 Å². The predicted octanol–water partition coefficient (Wildman–Crippen LogP) is 3.30. The first-order chi connectivity index (χ1) is 13.8. The van der Waals surface area contributed by atoms with Crippen LogP contribution in [0.15, 0.2) is 30.3 Å². The highest BCUT2D eigenvalue weighted by Gasteiger charge is 2.18. The van der Waals surface area contributed by atoms with E-state index in [2.05, 4.69) is 34.6 Å². The van der Waals surface area contributed by atoms with Gasteiger partial charge < -0.3 is 15.4 Å². The van der Waals surface area contributed by atoms with E-state index >= 15 is 0 Å². The molecule has 0 aliphatic carbocycles. The van der Waals surface area contributed by atoms with Crippen LogP contribution in [0.2, 0.25) is 0 Å². The smallest absolute Gasteiger partial charge is 0.358 e. The normalized spacial score (nSPS) is 10.9. The average Bonchev–Trinajstić information content (AvgIpc) is 3.17. The van der Waals surface area contributed by atoms with E-state index in [0.717, 1.165) is 11.4 Å². The summed E-state index contributed by atoms with van der Waals surface area (Å²) in [4.78, 5) is 22.7. The zero-order valence-electron chi connectivity index (χ0n) is 17.0. The van der Waals surface area contributed by atoms with Crippen LogP contribution in [0.1, 0.15) is 34.6 Å². The van der Waals surface area contributed by atoms with Gasteiger partial charge in [0.2, 0.25) is 5.91 Å². The third-order valence-electron chi connectivity index (χ3n) is 4.93. The van der Waals surface area contributed by atoms with Gasteiger partial charge in [-0.15, -0.1) is 0 Å². The molecule has 1 amide bonds. The van der Waals surface area contributed by atoms with Gasteiger partial charge in [0, 0.05) is 6.42 Å². The van der Waals surface area contributed by atoms with Crippen LogP contribution in [-0.2, 0) is 17.9 Å². The number of hydrogen-bond donors (Lipinski definition) is 1. The molecule has 9 heteroatoms. The molecule has 9 nitrogen and oxygen atoms in total. The fourth-order valence-corrected chi connectivity index (χ4v) is 3.20. The van der Waals surface area contributed by atoms with Crippen molar-refractivity contribution < 1.29 is 9.72 Å². The van der Waals surface area contributed by atoms with E-state index in [0.29, 0.717) is 17.9 Å². The first-order valence-electron chi connectivity index (χ1n) is 9.33. The fourth-order valence-electron chi connectivity index (χ4n) is 3.20. The number of nitro groups is 1. The molecule has 2 aromatic heterocycles. The Kier molecular flexibility index (Phi) is 5.76. The van der Waals surface area contributed by atoms with Gasteiger partial charge >= 0.3 is 5.82 Å². The van der Waals surface area contributed by atoms with Gasteiger partial charge in [-0.05, 0) is 43.7 Å². The second-order valence-corrected chi connectivity index (χ2v) is 7.05. The van der Waals surface area contributed by atoms with Gasteiger partial charge in [0.05, 0.1) is 47.0 Å². The quantitative estimate of drug-likeness (QED) is 0.487. The van der Waals surface area contributed by atoms with Crippen molar-refractivity contribution in [3.8, 4) is 0 Å². The van der Waals surface area contributed by atoms with Crippen LogP contribution < -0.4 is 5.32 Å². The highest BCUT2D eigenvalue weighted by Crippen LogP contribution is 2.21. The summed E-state index contributed by atoms with van der Waals surface area (Å²) in [5.41, 5.74) is 5.33. The van der Waals surface area contributed by atoms with Gasteiger partial charge in [0.25, 0.3) is 0 Å². The number of aromatic nitrogens is 4. The van der Waals surface area contributed by atoms with E-state index in [9.17, 15) is 14.9 Å². The van der Waals surface area contributed by atoms with Crippen LogP contribution in [0.25, 0.3) is 0 Å². The summed E-state index contributed by atoms with van der Waals surface area (Å²) < 4.78 is 3.35. The minimum Gasteiger partial charge on any atom is -0.358 e. The number of benzene rings is 1. The number of rotatable bonds is 7. The van der Waals surface area contributed by atoms with Crippen molar-refractivity contribution in [2.75, 3.05) is 5.32 Å². The molecule has 3 rings (SSSR count). The van der Waals surface area contributed by atoms with E-state index in [1.807, 2.05) is 30.7 Å². The second-order valence-electron chi connectivity index (χ2n) is 7.05. The Morgan fingerprint density at radius 1 is 1.14 bits per heavy atom. The van der Waals surface area contributed by atoms with Crippen molar-refractivity contribution in [1.29, 1.82) is 0 Å². The first-order valence-corrected chi connectivity index (χ1v) is 9.33. The fraction of sp³-hybridized carbons (Fsp3) is 0.350. The van der Waals surface area contributed by atoms with Gasteiger partial charge in [0.1, 0.15) is 0 Å². The molecule has 1 N–H and O–H groups in total. The Balaban J connectivity index is 1.67. The molecular weight excluding hydrogens is 372 g/mol. The topological polar surface area (TPSA) is 108 Å². The molecule has 0 unspecified atom stereocenters. The molecule has 0 bridgehead atoms. The number of nitrogens with zero attached hydrogens (tertiary/aromatic N) is 5. The predicted molar refractivity (Wildman–Crippen MR) is 109 cm³/mol. The van der Waals surface area contributed by atoms with E-state index in [1.54, 1.807) is 6.92 Å². The van der Waals surface area contributed by atoms with Crippen molar-refractivity contribution in [2.45, 2.75) is 47.2 Å². The minimum absolute atomic E-state index is 0.154. The molecule has 29 heavy (non-hydrogen) atoms. The van der Waals surface area contributed by atoms with Crippen molar-refractivity contribution in [1.82, 2.24) is 19.6 Å². The van der Waals surface area contributed by atoms with Crippen molar-refractivity contribution >= 4 is 17.4 Å². The highest BCUT2D eigenvalue weighted by molar-refractivity contribution is 5.91. The number of carbonyl (C=O) groups is 1. The lowest BCUT2D eigenvalue weighted by Gasteiger charge is -2.09. The van der Waals surface area contributed by atoms with Gasteiger partial charge in [-0.25, -0.2) is 0 Å². The monoisotopic (exact) mass is 396 g/mol. The number of anilines is 1. The second kappa shape index (κ2) is 8.26. The SMILES string of the molecule is Cc1ccccc1Cn1nc(C)c(NC(=O)CCn2nc([N+](=O)[O-])cc2C)c1C. The Morgan fingerprint density at radius 3 is 2.52 bits per heavy atom. The third kappa shape index (κ3) is 4.50. The number of nitrogens with one attached hydrogen (secondary N) is 1. The van der Waals surface area contributed by atoms with Gasteiger partial charge in [-0.1, -0.05) is 24.3 Å². The first kappa shape index (κ1) is 20.2. The summed E-state index contributed by atoms with van der Waals surface area (Å²) in [6, 6.07) is 9.52. The average molecular weight is 396 g/mol. The lowest BCUT2D eigenvalue weighted by atomic mass is 10.1.